The molecule has 0 radical (unpaired) electrons. The number of hydrogen-bond donors (Lipinski definition) is 3. The highest BCUT2D eigenvalue weighted by Crippen LogP contribution is 2.21. The lowest BCUT2D eigenvalue weighted by Crippen LogP contribution is -2.56. The molecule has 0 unspecified atom stereocenters. The Kier molecular flexibility index (Phi) is 6.39. The third-order valence-corrected chi connectivity index (χ3v) is 4.73. The van der Waals surface area contributed by atoms with Crippen molar-refractivity contribution >= 4 is 17.7 Å². The van der Waals surface area contributed by atoms with E-state index in [4.69, 9.17) is 5.73 Å². The summed E-state index contributed by atoms with van der Waals surface area (Å²) in [5.74, 6) is -1.16. The van der Waals surface area contributed by atoms with E-state index in [-0.39, 0.29) is 24.8 Å². The van der Waals surface area contributed by atoms with Gasteiger partial charge < -0.3 is 16.4 Å². The van der Waals surface area contributed by atoms with E-state index < -0.39 is 11.9 Å². The average Bonchev–Trinajstić information content (AvgIpc) is 2.70. The van der Waals surface area contributed by atoms with Crippen LogP contribution < -0.4 is 16.4 Å². The van der Waals surface area contributed by atoms with Crippen LogP contribution >= 0.6 is 0 Å². The van der Waals surface area contributed by atoms with E-state index in [1.807, 2.05) is 35.2 Å². The topological polar surface area (TPSA) is 105 Å². The largest absolute Gasteiger partial charge is 0.368 e. The molecule has 0 spiro atoms. The smallest absolute Gasteiger partial charge is 0.237 e. The van der Waals surface area contributed by atoms with Crippen molar-refractivity contribution in [1.82, 2.24) is 15.5 Å². The second kappa shape index (κ2) is 9.14. The number of rotatable bonds is 7. The molecule has 146 valence electrons. The molecule has 0 bridgehead atoms. The molecule has 4 N–H and O–H groups in total. The molecule has 28 heavy (non-hydrogen) atoms. The lowest BCUT2D eigenvalue weighted by molar-refractivity contribution is -0.134. The van der Waals surface area contributed by atoms with Gasteiger partial charge in [0.05, 0.1) is 19.0 Å². The minimum absolute atomic E-state index is 0.0127. The van der Waals surface area contributed by atoms with Crippen LogP contribution in [0.5, 0.6) is 0 Å². The average molecular weight is 380 g/mol. The molecule has 0 aromatic heterocycles. The van der Waals surface area contributed by atoms with Crippen molar-refractivity contribution in [2.24, 2.45) is 5.73 Å². The first-order chi connectivity index (χ1) is 13.5. The third-order valence-electron chi connectivity index (χ3n) is 4.73. The highest BCUT2D eigenvalue weighted by atomic mass is 16.2. The molecule has 1 saturated heterocycles. The number of nitrogens with two attached hydrogens (primary N) is 1. The van der Waals surface area contributed by atoms with Crippen molar-refractivity contribution in [3.05, 3.63) is 60.2 Å². The van der Waals surface area contributed by atoms with Gasteiger partial charge in [-0.2, -0.15) is 0 Å². The van der Waals surface area contributed by atoms with E-state index in [0.717, 1.165) is 16.7 Å². The first kappa shape index (κ1) is 19.6. The van der Waals surface area contributed by atoms with Gasteiger partial charge in [-0.05, 0) is 16.7 Å². The summed E-state index contributed by atoms with van der Waals surface area (Å²) in [6, 6.07) is 17.7. The Morgan fingerprint density at radius 3 is 2.43 bits per heavy atom. The predicted octanol–water partition coefficient (Wildman–Crippen LogP) is 0.646. The van der Waals surface area contributed by atoms with Crippen LogP contribution in [0.2, 0.25) is 0 Å². The Morgan fingerprint density at radius 2 is 1.75 bits per heavy atom. The first-order valence-electron chi connectivity index (χ1n) is 9.24. The summed E-state index contributed by atoms with van der Waals surface area (Å²) in [5.41, 5.74) is 8.38. The molecule has 1 fully saturated rings. The zero-order chi connectivity index (χ0) is 19.9. The molecule has 0 saturated carbocycles. The van der Waals surface area contributed by atoms with E-state index in [2.05, 4.69) is 34.9 Å². The molecule has 1 heterocycles. The number of hydrogen-bond acceptors (Lipinski definition) is 4. The van der Waals surface area contributed by atoms with Gasteiger partial charge in [0.2, 0.25) is 17.7 Å². The lowest BCUT2D eigenvalue weighted by Gasteiger charge is -2.34. The lowest BCUT2D eigenvalue weighted by atomic mass is 10.0. The van der Waals surface area contributed by atoms with Crippen molar-refractivity contribution in [2.45, 2.75) is 19.0 Å². The Balaban J connectivity index is 1.66. The van der Waals surface area contributed by atoms with Crippen LogP contribution in [-0.2, 0) is 20.9 Å². The van der Waals surface area contributed by atoms with E-state index in [1.54, 1.807) is 0 Å². The van der Waals surface area contributed by atoms with Crippen LogP contribution in [0, 0.1) is 0 Å². The Labute approximate surface area is 163 Å². The van der Waals surface area contributed by atoms with Crippen LogP contribution in [0.15, 0.2) is 54.6 Å². The van der Waals surface area contributed by atoms with Gasteiger partial charge in [-0.1, -0.05) is 54.6 Å². The maximum absolute atomic E-state index is 12.3. The van der Waals surface area contributed by atoms with Gasteiger partial charge in [0.1, 0.15) is 0 Å². The van der Waals surface area contributed by atoms with Gasteiger partial charge in [0.15, 0.2) is 0 Å². The SMILES string of the molecule is NC(=O)CNC(=O)C[C@H]1C(=O)NCCN1Cc1ccc(-c2ccccc2)cc1. The second-order valence-corrected chi connectivity index (χ2v) is 6.79. The van der Waals surface area contributed by atoms with Crippen LogP contribution in [0.1, 0.15) is 12.0 Å². The normalized spacial score (nSPS) is 17.0. The zero-order valence-electron chi connectivity index (χ0n) is 15.6. The molecule has 1 aliphatic rings. The maximum atomic E-state index is 12.3. The fraction of sp³-hybridized carbons (Fsp3) is 0.286. The number of benzene rings is 2. The number of piperazine rings is 1. The first-order valence-corrected chi connectivity index (χ1v) is 9.24. The van der Waals surface area contributed by atoms with Crippen LogP contribution in [0.4, 0.5) is 0 Å². The molecule has 3 rings (SSSR count). The fourth-order valence-corrected chi connectivity index (χ4v) is 3.27. The van der Waals surface area contributed by atoms with Gasteiger partial charge in [-0.15, -0.1) is 0 Å². The molecular weight excluding hydrogens is 356 g/mol. The molecule has 7 nitrogen and oxygen atoms in total. The third kappa shape index (κ3) is 5.17. The summed E-state index contributed by atoms with van der Waals surface area (Å²) < 4.78 is 0. The zero-order valence-corrected chi connectivity index (χ0v) is 15.6. The summed E-state index contributed by atoms with van der Waals surface area (Å²) in [7, 11) is 0. The summed E-state index contributed by atoms with van der Waals surface area (Å²) in [6.45, 7) is 1.53. The molecule has 2 aromatic carbocycles. The predicted molar refractivity (Wildman–Crippen MR) is 106 cm³/mol. The van der Waals surface area contributed by atoms with Crippen LogP contribution in [-0.4, -0.2) is 48.3 Å². The van der Waals surface area contributed by atoms with Crippen LogP contribution in [0.25, 0.3) is 11.1 Å². The number of amides is 3. The van der Waals surface area contributed by atoms with Crippen molar-refractivity contribution < 1.29 is 14.4 Å². The minimum Gasteiger partial charge on any atom is -0.368 e. The van der Waals surface area contributed by atoms with Crippen molar-refractivity contribution in [2.75, 3.05) is 19.6 Å². The van der Waals surface area contributed by atoms with Gasteiger partial charge in [0, 0.05) is 19.6 Å². The summed E-state index contributed by atoms with van der Waals surface area (Å²) in [6.07, 6.45) is -0.0127. The molecule has 1 aliphatic heterocycles. The number of nitrogens with one attached hydrogen (secondary N) is 2. The molecule has 1 atom stereocenters. The van der Waals surface area contributed by atoms with Gasteiger partial charge >= 0.3 is 0 Å². The monoisotopic (exact) mass is 380 g/mol. The summed E-state index contributed by atoms with van der Waals surface area (Å²) in [4.78, 5) is 37.1. The second-order valence-electron chi connectivity index (χ2n) is 6.79. The minimum atomic E-state index is -0.614. The highest BCUT2D eigenvalue weighted by molar-refractivity contribution is 5.90. The maximum Gasteiger partial charge on any atom is 0.237 e. The Hall–Kier alpha value is -3.19. The van der Waals surface area contributed by atoms with Gasteiger partial charge in [0.25, 0.3) is 0 Å². The fourth-order valence-electron chi connectivity index (χ4n) is 3.27. The summed E-state index contributed by atoms with van der Waals surface area (Å²) in [5, 5.41) is 5.24. The van der Waals surface area contributed by atoms with Crippen molar-refractivity contribution in [3.8, 4) is 11.1 Å². The number of primary amides is 1. The van der Waals surface area contributed by atoms with E-state index in [1.165, 1.54) is 0 Å². The quantitative estimate of drug-likeness (QED) is 0.656. The molecule has 7 heteroatoms. The molecule has 2 aromatic rings. The standard InChI is InChI=1S/C21H24N4O3/c22-19(26)13-24-20(27)12-18-21(28)23-10-11-25(18)14-15-6-8-17(9-7-15)16-4-2-1-3-5-16/h1-9,18H,10-14H2,(H2,22,26)(H,23,28)(H,24,27)/t18-/m0/s1. The summed E-state index contributed by atoms with van der Waals surface area (Å²) >= 11 is 0. The van der Waals surface area contributed by atoms with E-state index >= 15 is 0 Å². The Bertz CT molecular complexity index is 836. The Morgan fingerprint density at radius 1 is 1.07 bits per heavy atom. The van der Waals surface area contributed by atoms with Crippen molar-refractivity contribution in [3.63, 3.8) is 0 Å². The number of carbonyl (C=O) groups excluding carboxylic acids is 3. The van der Waals surface area contributed by atoms with Gasteiger partial charge in [-0.25, -0.2) is 0 Å². The molecular formula is C21H24N4O3. The highest BCUT2D eigenvalue weighted by Gasteiger charge is 2.31. The van der Waals surface area contributed by atoms with E-state index in [0.29, 0.717) is 19.6 Å². The van der Waals surface area contributed by atoms with Gasteiger partial charge in [-0.3, -0.25) is 19.3 Å². The van der Waals surface area contributed by atoms with Crippen LogP contribution in [0.3, 0.4) is 0 Å². The number of nitrogens with zero attached hydrogens (tertiary/aromatic N) is 1. The van der Waals surface area contributed by atoms with E-state index in [9.17, 15) is 14.4 Å². The molecule has 0 aliphatic carbocycles. The van der Waals surface area contributed by atoms with Crippen molar-refractivity contribution in [1.29, 1.82) is 0 Å². The number of carbonyl (C=O) groups is 3. The molecule has 3 amide bonds.